The van der Waals surface area contributed by atoms with Gasteiger partial charge in [0.15, 0.2) is 9.84 Å². The van der Waals surface area contributed by atoms with Crippen molar-refractivity contribution in [1.82, 2.24) is 10.2 Å². The molecule has 118 valence electrons. The van der Waals surface area contributed by atoms with Crippen molar-refractivity contribution in [2.75, 3.05) is 31.9 Å². The van der Waals surface area contributed by atoms with E-state index in [-0.39, 0.29) is 24.1 Å². The average Bonchev–Trinajstić information content (AvgIpc) is 2.48. The Morgan fingerprint density at radius 2 is 1.76 bits per heavy atom. The molecule has 0 unspecified atom stereocenters. The van der Waals surface area contributed by atoms with Crippen LogP contribution in [0.3, 0.4) is 0 Å². The Balaban J connectivity index is 0.00000220. The number of rotatable bonds is 4. The van der Waals surface area contributed by atoms with E-state index in [1.54, 1.807) is 31.2 Å². The predicted octanol–water partition coefficient (Wildman–Crippen LogP) is 0.876. The van der Waals surface area contributed by atoms with E-state index in [0.29, 0.717) is 11.3 Å². The van der Waals surface area contributed by atoms with Gasteiger partial charge < -0.3 is 10.2 Å². The number of nitrogens with zero attached hydrogens (tertiary/aromatic N) is 1. The lowest BCUT2D eigenvalue weighted by Crippen LogP contribution is -2.46. The summed E-state index contributed by atoms with van der Waals surface area (Å²) in [6.45, 7) is 4.76. The van der Waals surface area contributed by atoms with Crippen LogP contribution in [0.5, 0.6) is 0 Å². The van der Waals surface area contributed by atoms with E-state index < -0.39 is 9.84 Å². The fraction of sp³-hybridized carbons (Fsp3) is 0.500. The number of piperazine rings is 1. The molecular formula is C14H21ClN2O3S. The minimum Gasteiger partial charge on any atom is -0.340 e. The smallest absolute Gasteiger partial charge is 0.227 e. The molecule has 0 saturated carbocycles. The van der Waals surface area contributed by atoms with Crippen molar-refractivity contribution in [2.24, 2.45) is 0 Å². The first-order valence-electron chi connectivity index (χ1n) is 6.83. The minimum atomic E-state index is -3.17. The molecule has 1 aliphatic rings. The molecule has 2 rings (SSSR count). The Hall–Kier alpha value is -1.11. The molecule has 7 heteroatoms. The maximum Gasteiger partial charge on any atom is 0.227 e. The first-order chi connectivity index (χ1) is 9.53. The second kappa shape index (κ2) is 7.77. The zero-order valence-corrected chi connectivity index (χ0v) is 13.7. The van der Waals surface area contributed by atoms with Crippen LogP contribution in [-0.2, 0) is 21.1 Å². The van der Waals surface area contributed by atoms with Crippen molar-refractivity contribution < 1.29 is 13.2 Å². The largest absolute Gasteiger partial charge is 0.340 e. The van der Waals surface area contributed by atoms with Crippen LogP contribution in [0.4, 0.5) is 0 Å². The highest BCUT2D eigenvalue weighted by Gasteiger charge is 2.17. The molecule has 0 bridgehead atoms. The van der Waals surface area contributed by atoms with Gasteiger partial charge in [0.05, 0.1) is 17.1 Å². The van der Waals surface area contributed by atoms with Crippen LogP contribution in [0.15, 0.2) is 29.2 Å². The maximum atomic E-state index is 12.1. The van der Waals surface area contributed by atoms with E-state index >= 15 is 0 Å². The Labute approximate surface area is 132 Å². The molecule has 1 heterocycles. The van der Waals surface area contributed by atoms with Crippen molar-refractivity contribution >= 4 is 28.2 Å². The summed E-state index contributed by atoms with van der Waals surface area (Å²) in [6.07, 6.45) is 0.326. The zero-order chi connectivity index (χ0) is 14.6. The van der Waals surface area contributed by atoms with Crippen LogP contribution in [0.25, 0.3) is 0 Å². The monoisotopic (exact) mass is 332 g/mol. The van der Waals surface area contributed by atoms with Crippen LogP contribution < -0.4 is 5.32 Å². The molecule has 0 aromatic heterocycles. The second-order valence-electron chi connectivity index (χ2n) is 4.85. The van der Waals surface area contributed by atoms with Crippen LogP contribution in [0, 0.1) is 0 Å². The molecule has 0 atom stereocenters. The quantitative estimate of drug-likeness (QED) is 0.888. The van der Waals surface area contributed by atoms with Gasteiger partial charge in [-0.2, -0.15) is 0 Å². The standard InChI is InChI=1S/C14H20N2O3S.ClH/c1-2-20(18,19)13-5-3-12(4-6-13)11-14(17)16-9-7-15-8-10-16;/h3-6,15H,2,7-11H2,1H3;1H. The number of carbonyl (C=O) groups excluding carboxylic acids is 1. The highest BCUT2D eigenvalue weighted by atomic mass is 35.5. The number of hydrogen-bond donors (Lipinski definition) is 1. The van der Waals surface area contributed by atoms with E-state index in [1.807, 2.05) is 4.90 Å². The van der Waals surface area contributed by atoms with Crippen LogP contribution >= 0.6 is 12.4 Å². The molecule has 1 aliphatic heterocycles. The second-order valence-corrected chi connectivity index (χ2v) is 7.13. The van der Waals surface area contributed by atoms with Crippen molar-refractivity contribution in [2.45, 2.75) is 18.2 Å². The van der Waals surface area contributed by atoms with Gasteiger partial charge >= 0.3 is 0 Å². The number of benzene rings is 1. The predicted molar refractivity (Wildman–Crippen MR) is 84.6 cm³/mol. The summed E-state index contributed by atoms with van der Waals surface area (Å²) in [5.74, 6) is 0.184. The third-order valence-electron chi connectivity index (χ3n) is 3.49. The third-order valence-corrected chi connectivity index (χ3v) is 5.24. The molecule has 0 aliphatic carbocycles. The van der Waals surface area contributed by atoms with Crippen LogP contribution in [0.2, 0.25) is 0 Å². The summed E-state index contributed by atoms with van der Waals surface area (Å²) in [7, 11) is -3.17. The van der Waals surface area contributed by atoms with E-state index in [1.165, 1.54) is 0 Å². The molecule has 5 nitrogen and oxygen atoms in total. The molecule has 1 N–H and O–H groups in total. The van der Waals surface area contributed by atoms with Gasteiger partial charge in [0, 0.05) is 26.2 Å². The van der Waals surface area contributed by atoms with Gasteiger partial charge in [0.25, 0.3) is 0 Å². The topological polar surface area (TPSA) is 66.5 Å². The maximum absolute atomic E-state index is 12.1. The molecular weight excluding hydrogens is 312 g/mol. The fourth-order valence-corrected chi connectivity index (χ4v) is 3.07. The number of sulfone groups is 1. The van der Waals surface area contributed by atoms with Crippen molar-refractivity contribution in [3.05, 3.63) is 29.8 Å². The molecule has 1 fully saturated rings. The summed E-state index contributed by atoms with van der Waals surface area (Å²) >= 11 is 0. The molecule has 1 aromatic carbocycles. The summed E-state index contributed by atoms with van der Waals surface area (Å²) in [5.41, 5.74) is 0.851. The van der Waals surface area contributed by atoms with Gasteiger partial charge in [-0.3, -0.25) is 4.79 Å². The molecule has 1 aromatic rings. The number of amides is 1. The number of halogens is 1. The first-order valence-corrected chi connectivity index (χ1v) is 8.48. The molecule has 0 spiro atoms. The van der Waals surface area contributed by atoms with E-state index in [2.05, 4.69) is 5.32 Å². The van der Waals surface area contributed by atoms with Crippen molar-refractivity contribution in [3.63, 3.8) is 0 Å². The van der Waals surface area contributed by atoms with E-state index in [9.17, 15) is 13.2 Å². The van der Waals surface area contributed by atoms with Gasteiger partial charge in [0.1, 0.15) is 0 Å². The van der Waals surface area contributed by atoms with E-state index in [0.717, 1.165) is 31.7 Å². The van der Waals surface area contributed by atoms with Crippen LogP contribution in [0.1, 0.15) is 12.5 Å². The van der Waals surface area contributed by atoms with Gasteiger partial charge in [-0.05, 0) is 17.7 Å². The number of nitrogens with one attached hydrogen (secondary N) is 1. The first kappa shape index (κ1) is 17.9. The Morgan fingerprint density at radius 3 is 2.29 bits per heavy atom. The van der Waals surface area contributed by atoms with Crippen LogP contribution in [-0.4, -0.2) is 51.2 Å². The summed E-state index contributed by atoms with van der Waals surface area (Å²) in [4.78, 5) is 14.2. The Bertz CT molecular complexity index is 566. The van der Waals surface area contributed by atoms with Gasteiger partial charge in [-0.1, -0.05) is 19.1 Å². The highest BCUT2D eigenvalue weighted by Crippen LogP contribution is 2.13. The average molecular weight is 333 g/mol. The zero-order valence-electron chi connectivity index (χ0n) is 12.0. The lowest BCUT2D eigenvalue weighted by molar-refractivity contribution is -0.131. The summed E-state index contributed by atoms with van der Waals surface area (Å²) < 4.78 is 23.4. The molecule has 21 heavy (non-hydrogen) atoms. The third kappa shape index (κ3) is 4.69. The summed E-state index contributed by atoms with van der Waals surface area (Å²) in [6, 6.07) is 6.61. The lowest BCUT2D eigenvalue weighted by Gasteiger charge is -2.27. The van der Waals surface area contributed by atoms with Gasteiger partial charge in [-0.25, -0.2) is 8.42 Å². The van der Waals surface area contributed by atoms with Crippen molar-refractivity contribution in [3.8, 4) is 0 Å². The normalized spacial score (nSPS) is 15.4. The highest BCUT2D eigenvalue weighted by molar-refractivity contribution is 7.91. The Kier molecular flexibility index (Phi) is 6.64. The van der Waals surface area contributed by atoms with Gasteiger partial charge in [-0.15, -0.1) is 12.4 Å². The molecule has 0 radical (unpaired) electrons. The van der Waals surface area contributed by atoms with Crippen molar-refractivity contribution in [1.29, 1.82) is 0 Å². The van der Waals surface area contributed by atoms with Gasteiger partial charge in [0.2, 0.25) is 5.91 Å². The summed E-state index contributed by atoms with van der Waals surface area (Å²) in [5, 5.41) is 3.20. The number of hydrogen-bond acceptors (Lipinski definition) is 4. The fourth-order valence-electron chi connectivity index (χ4n) is 2.18. The lowest BCUT2D eigenvalue weighted by atomic mass is 10.1. The minimum absolute atomic E-state index is 0. The Morgan fingerprint density at radius 1 is 1.19 bits per heavy atom. The molecule has 1 amide bonds. The number of carbonyl (C=O) groups is 1. The van der Waals surface area contributed by atoms with E-state index in [4.69, 9.17) is 0 Å². The SMILES string of the molecule is CCS(=O)(=O)c1ccc(CC(=O)N2CCNCC2)cc1.Cl. The molecule has 1 saturated heterocycles.